The molecular formula is C23H26N2O4S. The van der Waals surface area contributed by atoms with Gasteiger partial charge in [-0.25, -0.2) is 4.79 Å². The highest BCUT2D eigenvalue weighted by atomic mass is 32.2. The average Bonchev–Trinajstić information content (AvgIpc) is 3.43. The van der Waals surface area contributed by atoms with Crippen molar-refractivity contribution >= 4 is 30.3 Å². The second-order valence-corrected chi connectivity index (χ2v) is 7.39. The Bertz CT molecular complexity index is 914. The number of carbonyl (C=O) groups excluding carboxylic acids is 3. The van der Waals surface area contributed by atoms with Crippen LogP contribution in [0.4, 0.5) is 0 Å². The molecule has 7 heteroatoms. The third-order valence-electron chi connectivity index (χ3n) is 4.26. The standard InChI is InChI=1S/C21H20N2O4.C2H6S/c1-2-11-27-21(26)15-5-3-14(4-6-15)20(18-9-7-16(12-24)22-18)19-10-8-17(13-25)23-19;1-3-2/h3-10,12-13,20,22-23H,2,11H2,1H3;1-2H3. The number of nitrogens with one attached hydrogen (secondary N) is 2. The van der Waals surface area contributed by atoms with Gasteiger partial charge < -0.3 is 14.7 Å². The number of hydrogen-bond acceptors (Lipinski definition) is 5. The number of ether oxygens (including phenoxy) is 1. The smallest absolute Gasteiger partial charge is 0.338 e. The molecule has 0 fully saturated rings. The first-order valence-corrected chi connectivity index (χ1v) is 11.2. The topological polar surface area (TPSA) is 92.0 Å². The Kier molecular flexibility index (Phi) is 9.15. The van der Waals surface area contributed by atoms with E-state index in [1.54, 1.807) is 36.0 Å². The highest BCUT2D eigenvalue weighted by Crippen LogP contribution is 2.31. The molecular weight excluding hydrogens is 400 g/mol. The fraction of sp³-hybridized carbons (Fsp3) is 0.261. The first-order chi connectivity index (χ1) is 14.6. The van der Waals surface area contributed by atoms with Gasteiger partial charge in [0.2, 0.25) is 0 Å². The van der Waals surface area contributed by atoms with E-state index in [-0.39, 0.29) is 11.9 Å². The number of carbonyl (C=O) groups is 3. The fourth-order valence-electron chi connectivity index (χ4n) is 2.95. The van der Waals surface area contributed by atoms with Crippen LogP contribution < -0.4 is 0 Å². The van der Waals surface area contributed by atoms with Crippen molar-refractivity contribution in [2.24, 2.45) is 0 Å². The molecule has 2 heterocycles. The van der Waals surface area contributed by atoms with Crippen LogP contribution in [0.3, 0.4) is 0 Å². The highest BCUT2D eigenvalue weighted by Gasteiger charge is 2.21. The minimum Gasteiger partial charge on any atom is -0.462 e. The molecule has 0 spiro atoms. The Labute approximate surface area is 180 Å². The molecule has 2 aromatic heterocycles. The van der Waals surface area contributed by atoms with E-state index >= 15 is 0 Å². The van der Waals surface area contributed by atoms with Crippen molar-refractivity contribution in [3.8, 4) is 0 Å². The Balaban J connectivity index is 0.00000101. The molecule has 0 amide bonds. The molecule has 0 saturated heterocycles. The lowest BCUT2D eigenvalue weighted by atomic mass is 9.92. The number of thioether (sulfide) groups is 1. The Hall–Kier alpha value is -3.06. The number of aromatic amines is 2. The van der Waals surface area contributed by atoms with E-state index in [2.05, 4.69) is 9.97 Å². The van der Waals surface area contributed by atoms with E-state index in [1.165, 1.54) is 0 Å². The van der Waals surface area contributed by atoms with Gasteiger partial charge in [0.1, 0.15) is 0 Å². The summed E-state index contributed by atoms with van der Waals surface area (Å²) in [6, 6.07) is 14.2. The van der Waals surface area contributed by atoms with Gasteiger partial charge >= 0.3 is 5.97 Å². The predicted molar refractivity (Wildman–Crippen MR) is 120 cm³/mol. The quantitative estimate of drug-likeness (QED) is 0.403. The van der Waals surface area contributed by atoms with E-state index < -0.39 is 0 Å². The first kappa shape index (κ1) is 23.2. The monoisotopic (exact) mass is 426 g/mol. The maximum Gasteiger partial charge on any atom is 0.338 e. The van der Waals surface area contributed by atoms with Crippen molar-refractivity contribution in [3.05, 3.63) is 82.4 Å². The van der Waals surface area contributed by atoms with Gasteiger partial charge in [-0.3, -0.25) is 9.59 Å². The van der Waals surface area contributed by atoms with Gasteiger partial charge in [-0.2, -0.15) is 11.8 Å². The van der Waals surface area contributed by atoms with Crippen LogP contribution in [-0.4, -0.2) is 47.6 Å². The van der Waals surface area contributed by atoms with Gasteiger partial charge in [-0.05, 0) is 60.9 Å². The van der Waals surface area contributed by atoms with Gasteiger partial charge in [0, 0.05) is 11.4 Å². The zero-order valence-corrected chi connectivity index (χ0v) is 18.1. The molecule has 0 bridgehead atoms. The van der Waals surface area contributed by atoms with Crippen LogP contribution >= 0.6 is 11.8 Å². The summed E-state index contributed by atoms with van der Waals surface area (Å²) in [6.45, 7) is 2.33. The van der Waals surface area contributed by atoms with Gasteiger partial charge in [0.15, 0.2) is 12.6 Å². The van der Waals surface area contributed by atoms with Crippen molar-refractivity contribution in [1.82, 2.24) is 9.97 Å². The Morgan fingerprint density at radius 1 is 0.933 bits per heavy atom. The van der Waals surface area contributed by atoms with Gasteiger partial charge in [0.25, 0.3) is 0 Å². The van der Waals surface area contributed by atoms with Gasteiger partial charge in [0.05, 0.1) is 29.5 Å². The second-order valence-electron chi connectivity index (χ2n) is 6.57. The summed E-state index contributed by atoms with van der Waals surface area (Å²) in [6.07, 6.45) is 6.35. The number of H-pyrrole nitrogens is 2. The number of aldehydes is 2. The average molecular weight is 427 g/mol. The van der Waals surface area contributed by atoms with Crippen LogP contribution in [0.15, 0.2) is 48.5 Å². The summed E-state index contributed by atoms with van der Waals surface area (Å²) in [4.78, 5) is 40.2. The van der Waals surface area contributed by atoms with Crippen LogP contribution in [0.1, 0.15) is 67.5 Å². The third-order valence-corrected chi connectivity index (χ3v) is 4.26. The first-order valence-electron chi connectivity index (χ1n) is 9.53. The summed E-state index contributed by atoms with van der Waals surface area (Å²) >= 11 is 1.75. The molecule has 0 unspecified atom stereocenters. The third kappa shape index (κ3) is 5.97. The number of esters is 1. The maximum absolute atomic E-state index is 12.0. The molecule has 30 heavy (non-hydrogen) atoms. The second kappa shape index (κ2) is 11.8. The van der Waals surface area contributed by atoms with Crippen molar-refractivity contribution in [2.75, 3.05) is 19.1 Å². The maximum atomic E-state index is 12.0. The molecule has 2 N–H and O–H groups in total. The van der Waals surface area contributed by atoms with E-state index in [9.17, 15) is 14.4 Å². The lowest BCUT2D eigenvalue weighted by Crippen LogP contribution is -2.08. The minimum atomic E-state index is -0.355. The Morgan fingerprint density at radius 3 is 1.83 bits per heavy atom. The predicted octanol–water partition coefficient (Wildman–Crippen LogP) is 4.69. The van der Waals surface area contributed by atoms with E-state index in [4.69, 9.17) is 4.74 Å². The van der Waals surface area contributed by atoms with E-state index in [0.717, 1.165) is 35.9 Å². The number of hydrogen-bond donors (Lipinski definition) is 2. The molecule has 0 aliphatic rings. The summed E-state index contributed by atoms with van der Waals surface area (Å²) in [5, 5.41) is 0. The zero-order chi connectivity index (χ0) is 21.9. The zero-order valence-electron chi connectivity index (χ0n) is 17.3. The summed E-state index contributed by atoms with van der Waals surface area (Å²) in [7, 11) is 0. The molecule has 3 rings (SSSR count). The molecule has 0 radical (unpaired) electrons. The molecule has 1 aromatic carbocycles. The molecule has 0 aliphatic heterocycles. The summed E-state index contributed by atoms with van der Waals surface area (Å²) in [5.41, 5.74) is 3.93. The van der Waals surface area contributed by atoms with Crippen molar-refractivity contribution < 1.29 is 19.1 Å². The minimum absolute atomic E-state index is 0.242. The molecule has 158 valence electrons. The Morgan fingerprint density at radius 2 is 1.43 bits per heavy atom. The van der Waals surface area contributed by atoms with Crippen LogP contribution in [0, 0.1) is 0 Å². The molecule has 3 aromatic rings. The summed E-state index contributed by atoms with van der Waals surface area (Å²) < 4.78 is 5.15. The van der Waals surface area contributed by atoms with Crippen LogP contribution in [0.2, 0.25) is 0 Å². The van der Waals surface area contributed by atoms with Crippen molar-refractivity contribution in [2.45, 2.75) is 19.3 Å². The highest BCUT2D eigenvalue weighted by molar-refractivity contribution is 7.97. The van der Waals surface area contributed by atoms with Crippen molar-refractivity contribution in [1.29, 1.82) is 0 Å². The summed E-state index contributed by atoms with van der Waals surface area (Å²) in [5.74, 6) is -0.598. The number of rotatable bonds is 8. The fourth-order valence-corrected chi connectivity index (χ4v) is 2.95. The molecule has 6 nitrogen and oxygen atoms in total. The van der Waals surface area contributed by atoms with Crippen LogP contribution in [-0.2, 0) is 4.74 Å². The number of benzene rings is 1. The van der Waals surface area contributed by atoms with Crippen LogP contribution in [0.25, 0.3) is 0 Å². The van der Waals surface area contributed by atoms with Crippen LogP contribution in [0.5, 0.6) is 0 Å². The molecule has 0 saturated carbocycles. The van der Waals surface area contributed by atoms with E-state index in [1.807, 2.05) is 43.7 Å². The lowest BCUT2D eigenvalue weighted by Gasteiger charge is -2.16. The molecule has 0 atom stereocenters. The largest absolute Gasteiger partial charge is 0.462 e. The number of aromatic nitrogens is 2. The van der Waals surface area contributed by atoms with Gasteiger partial charge in [-0.15, -0.1) is 0 Å². The van der Waals surface area contributed by atoms with Crippen molar-refractivity contribution in [3.63, 3.8) is 0 Å². The van der Waals surface area contributed by atoms with E-state index in [0.29, 0.717) is 23.6 Å². The SMILES string of the molecule is CCCOC(=O)c1ccc(C(c2ccc(C=O)[nH]2)c2ccc(C=O)[nH]2)cc1.CSC. The van der Waals surface area contributed by atoms with Gasteiger partial charge in [-0.1, -0.05) is 19.1 Å². The molecule has 0 aliphatic carbocycles. The normalized spacial score (nSPS) is 10.3. The lowest BCUT2D eigenvalue weighted by molar-refractivity contribution is 0.0505.